The molecular formula is C20H12Cl2FN3O2S2. The molecule has 0 unspecified atom stereocenters. The molecular weight excluding hydrogens is 468 g/mol. The lowest BCUT2D eigenvalue weighted by molar-refractivity contribution is -0.113. The molecule has 0 saturated carbocycles. The highest BCUT2D eigenvalue weighted by Gasteiger charge is 2.18. The van der Waals surface area contributed by atoms with Gasteiger partial charge in [-0.25, -0.2) is 9.37 Å². The third-order valence-corrected chi connectivity index (χ3v) is 6.29. The first-order chi connectivity index (χ1) is 14.4. The monoisotopic (exact) mass is 479 g/mol. The van der Waals surface area contributed by atoms with Crippen molar-refractivity contribution in [3.05, 3.63) is 80.1 Å². The first-order valence-corrected chi connectivity index (χ1v) is 11.2. The molecule has 0 saturated heterocycles. The van der Waals surface area contributed by atoms with Crippen molar-refractivity contribution >= 4 is 68.1 Å². The van der Waals surface area contributed by atoms with Crippen LogP contribution in [0.4, 0.5) is 10.1 Å². The topological polar surface area (TPSA) is 64.0 Å². The van der Waals surface area contributed by atoms with E-state index < -0.39 is 5.82 Å². The molecule has 30 heavy (non-hydrogen) atoms. The van der Waals surface area contributed by atoms with E-state index in [1.165, 1.54) is 34.1 Å². The van der Waals surface area contributed by atoms with Gasteiger partial charge >= 0.3 is 0 Å². The number of nitrogens with zero attached hydrogens (tertiary/aromatic N) is 2. The van der Waals surface area contributed by atoms with Crippen LogP contribution in [0.25, 0.3) is 15.9 Å². The number of hydrogen-bond donors (Lipinski definition) is 1. The number of aromatic nitrogens is 2. The summed E-state index contributed by atoms with van der Waals surface area (Å²) in [5.41, 5.74) is 0.646. The SMILES string of the molecule is O=C(CSc1nc2ccsc2c(=O)n1-c1ccccc1F)Nc1cc(Cl)cc(Cl)c1. The van der Waals surface area contributed by atoms with Gasteiger partial charge in [0.05, 0.1) is 17.0 Å². The minimum Gasteiger partial charge on any atom is -0.325 e. The molecule has 2 aromatic heterocycles. The van der Waals surface area contributed by atoms with Crippen LogP contribution in [0.3, 0.4) is 0 Å². The van der Waals surface area contributed by atoms with Crippen molar-refractivity contribution < 1.29 is 9.18 Å². The summed E-state index contributed by atoms with van der Waals surface area (Å²) in [6.45, 7) is 0. The van der Waals surface area contributed by atoms with Gasteiger partial charge < -0.3 is 5.32 Å². The Morgan fingerprint density at radius 3 is 2.63 bits per heavy atom. The number of halogens is 3. The minimum absolute atomic E-state index is 0.0549. The largest absolute Gasteiger partial charge is 0.325 e. The quantitative estimate of drug-likeness (QED) is 0.297. The maximum absolute atomic E-state index is 14.4. The van der Waals surface area contributed by atoms with Crippen molar-refractivity contribution in [2.24, 2.45) is 0 Å². The standard InChI is InChI=1S/C20H12Cl2FN3O2S2/c21-11-7-12(22)9-13(8-11)24-17(27)10-30-20-25-15-5-6-29-18(15)19(28)26(20)16-4-2-1-3-14(16)23/h1-9H,10H2,(H,24,27). The second-order valence-corrected chi connectivity index (χ2v) is 8.85. The van der Waals surface area contributed by atoms with E-state index in [0.717, 1.165) is 11.8 Å². The highest BCUT2D eigenvalue weighted by atomic mass is 35.5. The number of rotatable bonds is 5. The molecule has 0 aliphatic carbocycles. The van der Waals surface area contributed by atoms with Crippen molar-refractivity contribution in [1.29, 1.82) is 0 Å². The van der Waals surface area contributed by atoms with Crippen LogP contribution in [0, 0.1) is 5.82 Å². The van der Waals surface area contributed by atoms with Gasteiger partial charge in [0, 0.05) is 15.7 Å². The Hall–Kier alpha value is -2.39. The van der Waals surface area contributed by atoms with Crippen molar-refractivity contribution in [2.45, 2.75) is 5.16 Å². The van der Waals surface area contributed by atoms with Crippen molar-refractivity contribution in [3.63, 3.8) is 0 Å². The number of anilines is 1. The van der Waals surface area contributed by atoms with Gasteiger partial charge in [-0.1, -0.05) is 47.1 Å². The summed E-state index contributed by atoms with van der Waals surface area (Å²) in [6, 6.07) is 12.3. The molecule has 0 fully saturated rings. The number of thiophene rings is 1. The second kappa shape index (κ2) is 8.77. The number of carbonyl (C=O) groups is 1. The smallest absolute Gasteiger partial charge is 0.276 e. The number of fused-ring (bicyclic) bond motifs is 1. The molecule has 5 nitrogen and oxygen atoms in total. The molecule has 2 heterocycles. The average Bonchev–Trinajstić information content (AvgIpc) is 3.15. The number of para-hydroxylation sites is 1. The van der Waals surface area contributed by atoms with Gasteiger partial charge in [0.25, 0.3) is 5.56 Å². The van der Waals surface area contributed by atoms with Gasteiger partial charge in [-0.05, 0) is 41.8 Å². The van der Waals surface area contributed by atoms with Gasteiger partial charge in [-0.15, -0.1) is 11.3 Å². The van der Waals surface area contributed by atoms with E-state index in [1.54, 1.807) is 35.7 Å². The number of nitrogens with one attached hydrogen (secondary N) is 1. The minimum atomic E-state index is -0.558. The van der Waals surface area contributed by atoms with E-state index in [9.17, 15) is 14.0 Å². The van der Waals surface area contributed by atoms with Crippen LogP contribution in [0.5, 0.6) is 0 Å². The van der Waals surface area contributed by atoms with Crippen LogP contribution in [-0.4, -0.2) is 21.2 Å². The van der Waals surface area contributed by atoms with E-state index in [0.29, 0.717) is 25.9 Å². The molecule has 152 valence electrons. The molecule has 0 aliphatic rings. The number of amides is 1. The zero-order chi connectivity index (χ0) is 21.3. The van der Waals surface area contributed by atoms with E-state index >= 15 is 0 Å². The fourth-order valence-electron chi connectivity index (χ4n) is 2.79. The highest BCUT2D eigenvalue weighted by Crippen LogP contribution is 2.26. The molecule has 0 aliphatic heterocycles. The van der Waals surface area contributed by atoms with Gasteiger partial charge in [0.15, 0.2) is 5.16 Å². The first-order valence-electron chi connectivity index (χ1n) is 8.56. The molecule has 2 aromatic carbocycles. The van der Waals surface area contributed by atoms with Gasteiger partial charge in [-0.2, -0.15) is 0 Å². The Morgan fingerprint density at radius 1 is 1.17 bits per heavy atom. The van der Waals surface area contributed by atoms with Crippen LogP contribution < -0.4 is 10.9 Å². The predicted octanol–water partition coefficient (Wildman–Crippen LogP) is 5.62. The zero-order valence-electron chi connectivity index (χ0n) is 15.1. The molecule has 0 bridgehead atoms. The van der Waals surface area contributed by atoms with Crippen LogP contribution in [0.2, 0.25) is 10.0 Å². The Balaban J connectivity index is 1.65. The molecule has 0 atom stereocenters. The summed E-state index contributed by atoms with van der Waals surface area (Å²) in [7, 11) is 0. The van der Waals surface area contributed by atoms with Crippen LogP contribution >= 0.6 is 46.3 Å². The van der Waals surface area contributed by atoms with Gasteiger partial charge in [0.2, 0.25) is 5.91 Å². The van der Waals surface area contributed by atoms with Crippen molar-refractivity contribution in [1.82, 2.24) is 9.55 Å². The lowest BCUT2D eigenvalue weighted by Crippen LogP contribution is -2.23. The van der Waals surface area contributed by atoms with Crippen LogP contribution in [0.15, 0.2) is 63.9 Å². The maximum atomic E-state index is 14.4. The molecule has 10 heteroatoms. The van der Waals surface area contributed by atoms with Crippen LogP contribution in [0.1, 0.15) is 0 Å². The first kappa shape index (κ1) is 20.9. The molecule has 0 spiro atoms. The summed E-state index contributed by atoms with van der Waals surface area (Å²) in [5, 5.41) is 5.44. The predicted molar refractivity (Wildman–Crippen MR) is 121 cm³/mol. The van der Waals surface area contributed by atoms with E-state index in [1.807, 2.05) is 0 Å². The fourth-order valence-corrected chi connectivity index (χ4v) is 4.88. The van der Waals surface area contributed by atoms with Gasteiger partial charge in [-0.3, -0.25) is 14.2 Å². The number of carbonyl (C=O) groups excluding carboxylic acids is 1. The molecule has 4 aromatic rings. The third-order valence-electron chi connectivity index (χ3n) is 4.02. The average molecular weight is 480 g/mol. The highest BCUT2D eigenvalue weighted by molar-refractivity contribution is 7.99. The molecule has 1 N–H and O–H groups in total. The van der Waals surface area contributed by atoms with E-state index in [-0.39, 0.29) is 28.1 Å². The van der Waals surface area contributed by atoms with Crippen molar-refractivity contribution in [2.75, 3.05) is 11.1 Å². The normalized spacial score (nSPS) is 11.0. The maximum Gasteiger partial charge on any atom is 0.276 e. The number of hydrogen-bond acceptors (Lipinski definition) is 5. The summed E-state index contributed by atoms with van der Waals surface area (Å²) < 4.78 is 16.0. The summed E-state index contributed by atoms with van der Waals surface area (Å²) >= 11 is 14.2. The Kier molecular flexibility index (Phi) is 6.10. The summed E-state index contributed by atoms with van der Waals surface area (Å²) in [6.07, 6.45) is 0. The van der Waals surface area contributed by atoms with E-state index in [4.69, 9.17) is 23.2 Å². The molecule has 4 rings (SSSR count). The Labute approximate surface area is 188 Å². The van der Waals surface area contributed by atoms with E-state index in [2.05, 4.69) is 10.3 Å². The number of benzene rings is 2. The zero-order valence-corrected chi connectivity index (χ0v) is 18.2. The Bertz CT molecular complexity index is 1300. The van der Waals surface area contributed by atoms with Crippen molar-refractivity contribution in [3.8, 4) is 5.69 Å². The third kappa shape index (κ3) is 4.37. The van der Waals surface area contributed by atoms with Gasteiger partial charge in [0.1, 0.15) is 10.5 Å². The lowest BCUT2D eigenvalue weighted by Gasteiger charge is -2.13. The summed E-state index contributed by atoms with van der Waals surface area (Å²) in [4.78, 5) is 29.9. The molecule has 0 radical (unpaired) electrons. The summed E-state index contributed by atoms with van der Waals surface area (Å²) in [5.74, 6) is -0.962. The second-order valence-electron chi connectivity index (χ2n) is 6.12. The Morgan fingerprint density at radius 2 is 1.90 bits per heavy atom. The molecule has 1 amide bonds. The number of thioether (sulfide) groups is 1. The van der Waals surface area contributed by atoms with Crippen LogP contribution in [-0.2, 0) is 4.79 Å². The lowest BCUT2D eigenvalue weighted by atomic mass is 10.3. The fraction of sp³-hybridized carbons (Fsp3) is 0.0500.